The molecule has 0 aromatic heterocycles. The average molecular weight is 142 g/mol. The number of hydrogen-bond acceptors (Lipinski definition) is 2. The van der Waals surface area contributed by atoms with E-state index in [0.717, 1.165) is 5.76 Å². The summed E-state index contributed by atoms with van der Waals surface area (Å²) in [4.78, 5) is 0. The molecule has 0 radical (unpaired) electrons. The Balaban J connectivity index is 4.14. The molecule has 0 amide bonds. The molecule has 0 aromatic rings. The Kier molecular flexibility index (Phi) is 4.46. The van der Waals surface area contributed by atoms with Gasteiger partial charge in [-0.05, 0) is 19.9 Å². The van der Waals surface area contributed by atoms with Crippen LogP contribution in [0.1, 0.15) is 13.8 Å². The molecule has 10 heavy (non-hydrogen) atoms. The second kappa shape index (κ2) is 4.91. The molecule has 58 valence electrons. The van der Waals surface area contributed by atoms with E-state index in [4.69, 9.17) is 9.47 Å². The van der Waals surface area contributed by atoms with E-state index in [9.17, 15) is 0 Å². The molecule has 2 nitrogen and oxygen atoms in total. The first-order valence-corrected chi connectivity index (χ1v) is 3.26. The van der Waals surface area contributed by atoms with Crippen molar-refractivity contribution in [3.05, 3.63) is 24.2 Å². The molecule has 0 heterocycles. The van der Waals surface area contributed by atoms with Gasteiger partial charge in [0.1, 0.15) is 5.76 Å². The van der Waals surface area contributed by atoms with Crippen LogP contribution < -0.4 is 0 Å². The maximum absolute atomic E-state index is 5.18. The van der Waals surface area contributed by atoms with Gasteiger partial charge in [-0.2, -0.15) is 0 Å². The van der Waals surface area contributed by atoms with Gasteiger partial charge in [0.05, 0.1) is 13.7 Å². The number of ether oxygens (including phenoxy) is 2. The molecule has 0 bridgehead atoms. The lowest BCUT2D eigenvalue weighted by molar-refractivity contribution is 0.200. The zero-order valence-corrected chi connectivity index (χ0v) is 6.81. The molecule has 0 unspecified atom stereocenters. The smallest absolute Gasteiger partial charge is 0.155 e. The highest BCUT2D eigenvalue weighted by atomic mass is 16.5. The van der Waals surface area contributed by atoms with E-state index in [-0.39, 0.29) is 0 Å². The van der Waals surface area contributed by atoms with Gasteiger partial charge in [-0.1, -0.05) is 6.58 Å². The van der Waals surface area contributed by atoms with Crippen LogP contribution in [-0.2, 0) is 9.47 Å². The molecule has 0 N–H and O–H groups in total. The summed E-state index contributed by atoms with van der Waals surface area (Å²) in [5.74, 6) is 1.47. The molecule has 0 spiro atoms. The standard InChI is InChI=1S/C8H14O2/c1-5-8(10-6-2)7(3)9-4/h5H,1,6H2,2-4H3/b8-7-. The molecular weight excluding hydrogens is 128 g/mol. The van der Waals surface area contributed by atoms with Crippen molar-refractivity contribution < 1.29 is 9.47 Å². The molecule has 0 rings (SSSR count). The van der Waals surface area contributed by atoms with Gasteiger partial charge in [0.25, 0.3) is 0 Å². The summed E-state index contributed by atoms with van der Waals surface area (Å²) < 4.78 is 10.1. The van der Waals surface area contributed by atoms with Crippen LogP contribution in [0, 0.1) is 0 Å². The number of rotatable bonds is 4. The van der Waals surface area contributed by atoms with Crippen molar-refractivity contribution in [2.75, 3.05) is 13.7 Å². The van der Waals surface area contributed by atoms with Crippen molar-refractivity contribution in [1.82, 2.24) is 0 Å². The van der Waals surface area contributed by atoms with Crippen molar-refractivity contribution >= 4 is 0 Å². The van der Waals surface area contributed by atoms with Crippen molar-refractivity contribution in [1.29, 1.82) is 0 Å². The largest absolute Gasteiger partial charge is 0.498 e. The van der Waals surface area contributed by atoms with E-state index in [2.05, 4.69) is 6.58 Å². The van der Waals surface area contributed by atoms with E-state index in [1.54, 1.807) is 13.2 Å². The maximum atomic E-state index is 5.18. The Labute approximate surface area is 62.1 Å². The van der Waals surface area contributed by atoms with Crippen LogP contribution in [0.25, 0.3) is 0 Å². The molecule has 0 fully saturated rings. The SMILES string of the molecule is C=C/C(OCC)=C(\C)OC. The highest BCUT2D eigenvalue weighted by Gasteiger charge is 1.96. The zero-order valence-electron chi connectivity index (χ0n) is 6.81. The normalized spacial score (nSPS) is 11.9. The van der Waals surface area contributed by atoms with Crippen LogP contribution in [0.5, 0.6) is 0 Å². The highest BCUT2D eigenvalue weighted by Crippen LogP contribution is 2.06. The van der Waals surface area contributed by atoms with Gasteiger partial charge in [-0.25, -0.2) is 0 Å². The zero-order chi connectivity index (χ0) is 7.98. The predicted octanol–water partition coefficient (Wildman–Crippen LogP) is 2.09. The van der Waals surface area contributed by atoms with Crippen molar-refractivity contribution in [2.45, 2.75) is 13.8 Å². The Hall–Kier alpha value is -0.920. The van der Waals surface area contributed by atoms with Crippen molar-refractivity contribution in [2.24, 2.45) is 0 Å². The number of hydrogen-bond donors (Lipinski definition) is 0. The first-order valence-electron chi connectivity index (χ1n) is 3.26. The van der Waals surface area contributed by atoms with Gasteiger partial charge in [0.2, 0.25) is 0 Å². The summed E-state index contributed by atoms with van der Waals surface area (Å²) in [6.07, 6.45) is 1.64. The summed E-state index contributed by atoms with van der Waals surface area (Å²) in [6.45, 7) is 7.99. The third-order valence-corrected chi connectivity index (χ3v) is 1.14. The molecule has 2 heteroatoms. The third kappa shape index (κ3) is 2.58. The number of methoxy groups -OCH3 is 1. The lowest BCUT2D eigenvalue weighted by atomic mass is 10.4. The average Bonchev–Trinajstić information content (AvgIpc) is 1.99. The van der Waals surface area contributed by atoms with Gasteiger partial charge in [0.15, 0.2) is 5.76 Å². The lowest BCUT2D eigenvalue weighted by Gasteiger charge is -2.06. The molecule has 0 atom stereocenters. The van der Waals surface area contributed by atoms with Gasteiger partial charge >= 0.3 is 0 Å². The minimum Gasteiger partial charge on any atom is -0.498 e. The van der Waals surface area contributed by atoms with Crippen molar-refractivity contribution in [3.63, 3.8) is 0 Å². The Morgan fingerprint density at radius 2 is 2.20 bits per heavy atom. The highest BCUT2D eigenvalue weighted by molar-refractivity contribution is 5.11. The summed E-state index contributed by atoms with van der Waals surface area (Å²) in [7, 11) is 1.61. The van der Waals surface area contributed by atoms with Crippen LogP contribution in [0.4, 0.5) is 0 Å². The van der Waals surface area contributed by atoms with E-state index in [1.165, 1.54) is 0 Å². The quantitative estimate of drug-likeness (QED) is 0.442. The predicted molar refractivity (Wildman–Crippen MR) is 41.5 cm³/mol. The first kappa shape index (κ1) is 9.08. The van der Waals surface area contributed by atoms with Gasteiger partial charge in [-0.3, -0.25) is 0 Å². The molecular formula is C8H14O2. The molecule has 0 aliphatic rings. The van der Waals surface area contributed by atoms with Crippen LogP contribution in [0.15, 0.2) is 24.2 Å². The summed E-state index contributed by atoms with van der Waals surface area (Å²) in [6, 6.07) is 0. The second-order valence-electron chi connectivity index (χ2n) is 1.76. The Morgan fingerprint density at radius 3 is 2.50 bits per heavy atom. The van der Waals surface area contributed by atoms with Crippen LogP contribution in [0.3, 0.4) is 0 Å². The molecule has 0 aromatic carbocycles. The Morgan fingerprint density at radius 1 is 1.60 bits per heavy atom. The number of allylic oxidation sites excluding steroid dienone is 2. The van der Waals surface area contributed by atoms with E-state index < -0.39 is 0 Å². The third-order valence-electron chi connectivity index (χ3n) is 1.14. The fraction of sp³-hybridized carbons (Fsp3) is 0.500. The summed E-state index contributed by atoms with van der Waals surface area (Å²) in [5, 5.41) is 0. The van der Waals surface area contributed by atoms with Crippen LogP contribution in [-0.4, -0.2) is 13.7 Å². The van der Waals surface area contributed by atoms with Crippen molar-refractivity contribution in [3.8, 4) is 0 Å². The lowest BCUT2D eigenvalue weighted by Crippen LogP contribution is -1.93. The van der Waals surface area contributed by atoms with E-state index in [1.807, 2.05) is 13.8 Å². The molecule has 0 saturated heterocycles. The van der Waals surface area contributed by atoms with Gasteiger partial charge < -0.3 is 9.47 Å². The van der Waals surface area contributed by atoms with Crippen LogP contribution >= 0.6 is 0 Å². The monoisotopic (exact) mass is 142 g/mol. The second-order valence-corrected chi connectivity index (χ2v) is 1.76. The fourth-order valence-corrected chi connectivity index (χ4v) is 0.560. The summed E-state index contributed by atoms with van der Waals surface area (Å²) >= 11 is 0. The minimum atomic E-state index is 0.641. The van der Waals surface area contributed by atoms with E-state index >= 15 is 0 Å². The fourth-order valence-electron chi connectivity index (χ4n) is 0.560. The van der Waals surface area contributed by atoms with Gasteiger partial charge in [-0.15, -0.1) is 0 Å². The summed E-state index contributed by atoms with van der Waals surface area (Å²) in [5.41, 5.74) is 0. The minimum absolute atomic E-state index is 0.641. The van der Waals surface area contributed by atoms with Gasteiger partial charge in [0, 0.05) is 0 Å². The molecule has 0 saturated carbocycles. The first-order chi connectivity index (χ1) is 4.76. The topological polar surface area (TPSA) is 18.5 Å². The van der Waals surface area contributed by atoms with E-state index in [0.29, 0.717) is 12.4 Å². The van der Waals surface area contributed by atoms with Crippen LogP contribution in [0.2, 0.25) is 0 Å². The Bertz CT molecular complexity index is 136. The molecule has 0 aliphatic heterocycles. The maximum Gasteiger partial charge on any atom is 0.155 e. The molecule has 0 aliphatic carbocycles.